The van der Waals surface area contributed by atoms with Crippen LogP contribution >= 0.6 is 19.4 Å². The van der Waals surface area contributed by atoms with Crippen LogP contribution in [0.1, 0.15) is 32.6 Å². The molecule has 0 aliphatic carbocycles. The average Bonchev–Trinajstić information content (AvgIpc) is 1.96. The van der Waals surface area contributed by atoms with Crippen LogP contribution in [0.5, 0.6) is 0 Å². The van der Waals surface area contributed by atoms with E-state index in [1.807, 2.05) is 6.92 Å². The van der Waals surface area contributed by atoms with Gasteiger partial charge in [0.15, 0.2) is 0 Å². The SMILES string of the molecule is C/C=C\CCCC[CH]=[Ru]([Cl])[Cl]. The molecule has 0 aliphatic rings. The van der Waals surface area contributed by atoms with E-state index in [9.17, 15) is 0 Å². The third-order valence-corrected chi connectivity index (χ3v) is 3.60. The molecule has 0 aromatic rings. The predicted octanol–water partition coefficient (Wildman–Crippen LogP) is 3.85. The predicted molar refractivity (Wildman–Crippen MR) is 51.1 cm³/mol. The molecule has 0 N–H and O–H groups in total. The maximum atomic E-state index is 5.66. The van der Waals surface area contributed by atoms with Crippen LogP contribution in [0.4, 0.5) is 0 Å². The summed E-state index contributed by atoms with van der Waals surface area (Å²) in [7, 11) is 11.3. The molecule has 0 nitrogen and oxygen atoms in total. The molecule has 68 valence electrons. The van der Waals surface area contributed by atoms with Gasteiger partial charge in [0.05, 0.1) is 0 Å². The van der Waals surface area contributed by atoms with Gasteiger partial charge in [-0.2, -0.15) is 0 Å². The summed E-state index contributed by atoms with van der Waals surface area (Å²) in [6, 6.07) is 0. The number of hydrogen-bond acceptors (Lipinski definition) is 0. The number of hydrogen-bond donors (Lipinski definition) is 0. The Morgan fingerprint density at radius 3 is 2.36 bits per heavy atom. The molecule has 0 unspecified atom stereocenters. The third kappa shape index (κ3) is 10.8. The summed E-state index contributed by atoms with van der Waals surface area (Å²) < 4.78 is 2.07. The molecule has 0 spiro atoms. The van der Waals surface area contributed by atoms with Crippen LogP contribution in [-0.2, 0) is 13.5 Å². The number of halogens is 2. The Morgan fingerprint density at radius 1 is 1.18 bits per heavy atom. The van der Waals surface area contributed by atoms with E-state index in [0.29, 0.717) is 0 Å². The molecule has 0 aromatic heterocycles. The third-order valence-electron chi connectivity index (χ3n) is 1.27. The summed E-state index contributed by atoms with van der Waals surface area (Å²) >= 11 is -1.46. The van der Waals surface area contributed by atoms with Crippen molar-refractivity contribution in [2.75, 3.05) is 0 Å². The van der Waals surface area contributed by atoms with Gasteiger partial charge in [-0.15, -0.1) is 0 Å². The zero-order valence-electron chi connectivity index (χ0n) is 6.67. The molecule has 0 atom stereocenters. The number of rotatable bonds is 5. The fourth-order valence-electron chi connectivity index (χ4n) is 0.723. The summed E-state index contributed by atoms with van der Waals surface area (Å²) in [6.45, 7) is 2.05. The summed E-state index contributed by atoms with van der Waals surface area (Å²) in [4.78, 5) is 0. The van der Waals surface area contributed by atoms with E-state index in [1.165, 1.54) is 19.3 Å². The molecule has 3 heteroatoms. The van der Waals surface area contributed by atoms with Gasteiger partial charge in [-0.3, -0.25) is 0 Å². The first-order valence-corrected chi connectivity index (χ1v) is 9.18. The van der Waals surface area contributed by atoms with E-state index >= 15 is 0 Å². The molecule has 0 aliphatic heterocycles. The first kappa shape index (κ1) is 11.8. The number of allylic oxidation sites excluding steroid dienone is 2. The van der Waals surface area contributed by atoms with E-state index in [1.54, 1.807) is 0 Å². The molecule has 0 fully saturated rings. The van der Waals surface area contributed by atoms with Gasteiger partial charge in [0, 0.05) is 0 Å². The molecule has 0 amide bonds. The molecule has 0 rings (SSSR count). The second-order valence-electron chi connectivity index (χ2n) is 2.20. The van der Waals surface area contributed by atoms with Crippen molar-refractivity contribution in [3.63, 3.8) is 0 Å². The van der Waals surface area contributed by atoms with Crippen LogP contribution in [0.3, 0.4) is 0 Å². The van der Waals surface area contributed by atoms with Gasteiger partial charge in [0.1, 0.15) is 0 Å². The van der Waals surface area contributed by atoms with E-state index < -0.39 is 13.5 Å². The number of unbranched alkanes of at least 4 members (excludes halogenated alkanes) is 3. The molecule has 0 aromatic carbocycles. The minimum atomic E-state index is -1.46. The van der Waals surface area contributed by atoms with E-state index in [2.05, 4.69) is 16.8 Å². The standard InChI is InChI=1S/C8H14.2ClH.Ru/c1-3-5-7-8-6-4-2;;;/h1,4,6H,3,5,7-8H2,2H3;2*1H;/q;;;+2/p-2/b6-4-;;;. The van der Waals surface area contributed by atoms with Gasteiger partial charge < -0.3 is 0 Å². The maximum absolute atomic E-state index is 5.66. The van der Waals surface area contributed by atoms with Gasteiger partial charge in [-0.05, 0) is 0 Å². The van der Waals surface area contributed by atoms with Gasteiger partial charge in [0.2, 0.25) is 0 Å². The molecule has 0 heterocycles. The van der Waals surface area contributed by atoms with Crippen LogP contribution < -0.4 is 0 Å². The summed E-state index contributed by atoms with van der Waals surface area (Å²) in [5.41, 5.74) is 0. The monoisotopic (exact) mass is 282 g/mol. The van der Waals surface area contributed by atoms with Gasteiger partial charge in [-0.25, -0.2) is 0 Å². The molecule has 0 saturated heterocycles. The van der Waals surface area contributed by atoms with E-state index in [0.717, 1.165) is 6.42 Å². The van der Waals surface area contributed by atoms with Crippen molar-refractivity contribution < 1.29 is 13.5 Å². The summed E-state index contributed by atoms with van der Waals surface area (Å²) in [6.07, 6.45) is 9.01. The van der Waals surface area contributed by atoms with Gasteiger partial charge in [0.25, 0.3) is 0 Å². The second kappa shape index (κ2) is 8.91. The first-order chi connectivity index (χ1) is 5.27. The Bertz CT molecular complexity index is 137. The Hall–Kier alpha value is 0.813. The fourth-order valence-corrected chi connectivity index (χ4v) is 2.37. The quantitative estimate of drug-likeness (QED) is 0.408. The average molecular weight is 282 g/mol. The van der Waals surface area contributed by atoms with Crippen LogP contribution in [0.25, 0.3) is 0 Å². The molecule has 0 bridgehead atoms. The first-order valence-electron chi connectivity index (χ1n) is 3.70. The summed E-state index contributed by atoms with van der Waals surface area (Å²) in [5.74, 6) is 0. The zero-order chi connectivity index (χ0) is 8.53. The Labute approximate surface area is 82.1 Å². The van der Waals surface area contributed by atoms with Crippen molar-refractivity contribution in [3.05, 3.63) is 12.2 Å². The Kier molecular flexibility index (Phi) is 9.56. The van der Waals surface area contributed by atoms with Gasteiger partial charge >= 0.3 is 82.3 Å². The van der Waals surface area contributed by atoms with E-state index in [-0.39, 0.29) is 0 Å². The van der Waals surface area contributed by atoms with Crippen molar-refractivity contribution in [2.45, 2.75) is 32.6 Å². The van der Waals surface area contributed by atoms with Crippen LogP contribution in [0, 0.1) is 0 Å². The van der Waals surface area contributed by atoms with Crippen LogP contribution in [0.2, 0.25) is 0 Å². The van der Waals surface area contributed by atoms with Crippen molar-refractivity contribution >= 4 is 24.0 Å². The van der Waals surface area contributed by atoms with Crippen LogP contribution in [-0.4, -0.2) is 4.61 Å². The molecular weight excluding hydrogens is 268 g/mol. The topological polar surface area (TPSA) is 0 Å². The minimum absolute atomic E-state index is 1.09. The molecule has 11 heavy (non-hydrogen) atoms. The van der Waals surface area contributed by atoms with Crippen molar-refractivity contribution in [3.8, 4) is 0 Å². The van der Waals surface area contributed by atoms with Crippen LogP contribution in [0.15, 0.2) is 12.2 Å². The fraction of sp³-hybridized carbons (Fsp3) is 0.625. The molecule has 0 saturated carbocycles. The summed E-state index contributed by atoms with van der Waals surface area (Å²) in [5, 5.41) is 0. The Balaban J connectivity index is 3.09. The van der Waals surface area contributed by atoms with Crippen molar-refractivity contribution in [1.29, 1.82) is 0 Å². The Morgan fingerprint density at radius 2 is 1.82 bits per heavy atom. The normalized spacial score (nSPS) is 12.1. The molecular formula is C8H14Cl2Ru. The van der Waals surface area contributed by atoms with Crippen molar-refractivity contribution in [1.82, 2.24) is 0 Å². The zero-order valence-corrected chi connectivity index (χ0v) is 9.92. The van der Waals surface area contributed by atoms with Crippen molar-refractivity contribution in [2.24, 2.45) is 0 Å². The second-order valence-corrected chi connectivity index (χ2v) is 8.14. The molecule has 0 radical (unpaired) electrons. The van der Waals surface area contributed by atoms with E-state index in [4.69, 9.17) is 19.4 Å². The van der Waals surface area contributed by atoms with Gasteiger partial charge in [-0.1, -0.05) is 0 Å².